The maximum Gasteiger partial charge on any atom is 0.407 e. The molecule has 0 aromatic heterocycles. The lowest BCUT2D eigenvalue weighted by atomic mass is 9.89. The number of hydrogen-bond acceptors (Lipinski definition) is 4. The SMILES string of the molecule is O=C(NCC1CC1C(=O)N1[C@H]2CC[C@@H]1[C@H](C(=O)O)C2)OCC1c2ccccc2-c2ccccc21. The van der Waals surface area contributed by atoms with E-state index < -0.39 is 18.0 Å². The van der Waals surface area contributed by atoms with Crippen molar-refractivity contribution >= 4 is 18.0 Å². The summed E-state index contributed by atoms with van der Waals surface area (Å²) in [5.41, 5.74) is 4.72. The van der Waals surface area contributed by atoms with Crippen molar-refractivity contribution in [2.75, 3.05) is 13.2 Å². The van der Waals surface area contributed by atoms with Crippen LogP contribution < -0.4 is 5.32 Å². The van der Waals surface area contributed by atoms with Crippen LogP contribution in [0, 0.1) is 17.8 Å². The molecule has 176 valence electrons. The molecule has 2 amide bonds. The number of fused-ring (bicyclic) bond motifs is 5. The molecule has 2 aliphatic carbocycles. The van der Waals surface area contributed by atoms with Crippen LogP contribution in [-0.4, -0.2) is 53.2 Å². The molecule has 3 fully saturated rings. The van der Waals surface area contributed by atoms with Gasteiger partial charge in [0, 0.05) is 30.5 Å². The number of carboxylic acid groups (broad SMARTS) is 1. The first-order valence-corrected chi connectivity index (χ1v) is 12.2. The summed E-state index contributed by atoms with van der Waals surface area (Å²) in [6.45, 7) is 0.666. The topological polar surface area (TPSA) is 95.9 Å². The molecule has 0 radical (unpaired) electrons. The predicted octanol–water partition coefficient (Wildman–Crippen LogP) is 3.63. The number of nitrogens with one attached hydrogen (secondary N) is 1. The highest BCUT2D eigenvalue weighted by Crippen LogP contribution is 2.48. The highest BCUT2D eigenvalue weighted by Gasteiger charge is 2.55. The standard InChI is InChI=1S/C27H28N2O5/c30-25(29-16-9-10-24(29)22(12-16)26(31)32)21-11-15(21)13-28-27(33)34-14-23-19-7-3-1-5-17(19)18-6-2-4-8-20(18)23/h1-8,15-16,21-24H,9-14H2,(H,28,33)(H,31,32)/t15?,16-,21?,22+,24+/m0/s1. The molecule has 2 bridgehead atoms. The monoisotopic (exact) mass is 460 g/mol. The lowest BCUT2D eigenvalue weighted by Gasteiger charge is -2.23. The van der Waals surface area contributed by atoms with Crippen molar-refractivity contribution in [3.8, 4) is 11.1 Å². The van der Waals surface area contributed by atoms with Gasteiger partial charge in [0.1, 0.15) is 6.61 Å². The largest absolute Gasteiger partial charge is 0.481 e. The number of benzene rings is 2. The van der Waals surface area contributed by atoms with Gasteiger partial charge in [0.15, 0.2) is 0 Å². The van der Waals surface area contributed by atoms with Gasteiger partial charge in [-0.1, -0.05) is 48.5 Å². The molecule has 6 rings (SSSR count). The zero-order chi connectivity index (χ0) is 23.4. The Morgan fingerprint density at radius 2 is 1.62 bits per heavy atom. The molecular weight excluding hydrogens is 432 g/mol. The number of aliphatic carboxylic acids is 1. The van der Waals surface area contributed by atoms with Crippen LogP contribution in [0.1, 0.15) is 42.7 Å². The molecule has 1 saturated carbocycles. The summed E-state index contributed by atoms with van der Waals surface area (Å²) >= 11 is 0. The Kier molecular flexibility index (Phi) is 5.08. The Bertz CT molecular complexity index is 1120. The predicted molar refractivity (Wildman–Crippen MR) is 124 cm³/mol. The Labute approximate surface area is 198 Å². The second-order valence-electron chi connectivity index (χ2n) is 10.0. The minimum Gasteiger partial charge on any atom is -0.481 e. The number of carbonyl (C=O) groups excluding carboxylic acids is 2. The van der Waals surface area contributed by atoms with Gasteiger partial charge >= 0.3 is 12.1 Å². The van der Waals surface area contributed by atoms with Gasteiger partial charge in [-0.25, -0.2) is 4.79 Å². The van der Waals surface area contributed by atoms with E-state index in [0.29, 0.717) is 13.0 Å². The maximum atomic E-state index is 13.0. The number of hydrogen-bond donors (Lipinski definition) is 2. The summed E-state index contributed by atoms with van der Waals surface area (Å²) < 4.78 is 5.59. The van der Waals surface area contributed by atoms with Crippen LogP contribution in [0.3, 0.4) is 0 Å². The fourth-order valence-corrected chi connectivity index (χ4v) is 6.43. The third-order valence-corrected chi connectivity index (χ3v) is 8.20. The molecule has 2 aromatic carbocycles. The van der Waals surface area contributed by atoms with Crippen molar-refractivity contribution < 1.29 is 24.2 Å². The van der Waals surface area contributed by atoms with Crippen molar-refractivity contribution in [2.45, 2.75) is 43.7 Å². The van der Waals surface area contributed by atoms with Crippen LogP contribution in [0.4, 0.5) is 4.79 Å². The Balaban J connectivity index is 1.01. The van der Waals surface area contributed by atoms with Crippen molar-refractivity contribution in [2.24, 2.45) is 17.8 Å². The van der Waals surface area contributed by atoms with E-state index in [-0.39, 0.29) is 42.4 Å². The van der Waals surface area contributed by atoms with Gasteiger partial charge in [-0.15, -0.1) is 0 Å². The molecular formula is C27H28N2O5. The fourth-order valence-electron chi connectivity index (χ4n) is 6.43. The first-order valence-electron chi connectivity index (χ1n) is 12.2. The number of rotatable bonds is 6. The molecule has 34 heavy (non-hydrogen) atoms. The van der Waals surface area contributed by atoms with Gasteiger partial charge in [-0.05, 0) is 53.9 Å². The minimum atomic E-state index is -0.797. The summed E-state index contributed by atoms with van der Waals surface area (Å²) in [4.78, 5) is 38.8. The first-order chi connectivity index (χ1) is 16.5. The van der Waals surface area contributed by atoms with Gasteiger partial charge < -0.3 is 20.1 Å². The van der Waals surface area contributed by atoms with Gasteiger partial charge in [0.25, 0.3) is 0 Å². The summed E-state index contributed by atoms with van der Waals surface area (Å²) in [5.74, 6) is -1.18. The fraction of sp³-hybridized carbons (Fsp3) is 0.444. The quantitative estimate of drug-likeness (QED) is 0.686. The summed E-state index contributed by atoms with van der Waals surface area (Å²) in [5, 5.41) is 12.3. The van der Waals surface area contributed by atoms with Gasteiger partial charge in [-0.3, -0.25) is 9.59 Å². The third-order valence-electron chi connectivity index (χ3n) is 8.20. The maximum absolute atomic E-state index is 13.0. The molecule has 0 spiro atoms. The van der Waals surface area contributed by atoms with Crippen molar-refractivity contribution in [3.05, 3.63) is 59.7 Å². The molecule has 5 atom stereocenters. The van der Waals surface area contributed by atoms with E-state index in [9.17, 15) is 19.5 Å². The number of carboxylic acids is 1. The molecule has 2 heterocycles. The third kappa shape index (κ3) is 3.45. The number of amides is 2. The minimum absolute atomic E-state index is 0.0150. The molecule has 2 aromatic rings. The highest BCUT2D eigenvalue weighted by molar-refractivity contribution is 5.85. The van der Waals surface area contributed by atoms with Crippen LogP contribution in [-0.2, 0) is 14.3 Å². The van der Waals surface area contributed by atoms with Crippen molar-refractivity contribution in [1.29, 1.82) is 0 Å². The van der Waals surface area contributed by atoms with E-state index in [1.165, 1.54) is 22.3 Å². The average molecular weight is 461 g/mol. The number of nitrogens with zero attached hydrogens (tertiary/aromatic N) is 1. The highest BCUT2D eigenvalue weighted by atomic mass is 16.5. The summed E-state index contributed by atoms with van der Waals surface area (Å²) in [6, 6.07) is 16.3. The second kappa shape index (κ2) is 8.15. The zero-order valence-electron chi connectivity index (χ0n) is 18.9. The summed E-state index contributed by atoms with van der Waals surface area (Å²) in [6.07, 6.45) is 2.52. The number of ether oxygens (including phenoxy) is 1. The Hall–Kier alpha value is -3.35. The smallest absolute Gasteiger partial charge is 0.407 e. The lowest BCUT2D eigenvalue weighted by molar-refractivity contribution is -0.143. The molecule has 2 N–H and O–H groups in total. The Morgan fingerprint density at radius 1 is 0.941 bits per heavy atom. The summed E-state index contributed by atoms with van der Waals surface area (Å²) in [7, 11) is 0. The average Bonchev–Trinajstić information content (AvgIpc) is 3.23. The normalized spacial score (nSPS) is 28.4. The molecule has 2 aliphatic heterocycles. The number of carbonyl (C=O) groups is 3. The van der Waals surface area contributed by atoms with Crippen LogP contribution in [0.25, 0.3) is 11.1 Å². The van der Waals surface area contributed by atoms with Crippen LogP contribution in [0.5, 0.6) is 0 Å². The molecule has 2 unspecified atom stereocenters. The van der Waals surface area contributed by atoms with E-state index in [4.69, 9.17) is 4.74 Å². The van der Waals surface area contributed by atoms with Crippen molar-refractivity contribution in [3.63, 3.8) is 0 Å². The van der Waals surface area contributed by atoms with Crippen LogP contribution in [0.15, 0.2) is 48.5 Å². The van der Waals surface area contributed by atoms with Gasteiger partial charge in [0.05, 0.1) is 5.92 Å². The Morgan fingerprint density at radius 3 is 2.26 bits per heavy atom. The molecule has 2 saturated heterocycles. The first kappa shape index (κ1) is 21.2. The van der Waals surface area contributed by atoms with E-state index in [0.717, 1.165) is 19.3 Å². The van der Waals surface area contributed by atoms with Crippen molar-refractivity contribution in [1.82, 2.24) is 10.2 Å². The van der Waals surface area contributed by atoms with Gasteiger partial charge in [-0.2, -0.15) is 0 Å². The van der Waals surface area contributed by atoms with E-state index in [1.54, 1.807) is 0 Å². The number of alkyl carbamates (subject to hydrolysis) is 1. The zero-order valence-corrected chi connectivity index (χ0v) is 18.9. The molecule has 7 heteroatoms. The van der Waals surface area contributed by atoms with Crippen LogP contribution in [0.2, 0.25) is 0 Å². The van der Waals surface area contributed by atoms with Gasteiger partial charge in [0.2, 0.25) is 5.91 Å². The van der Waals surface area contributed by atoms with E-state index in [2.05, 4.69) is 29.6 Å². The molecule has 4 aliphatic rings. The molecule has 7 nitrogen and oxygen atoms in total. The van der Waals surface area contributed by atoms with E-state index >= 15 is 0 Å². The van der Waals surface area contributed by atoms with E-state index in [1.807, 2.05) is 29.2 Å². The van der Waals surface area contributed by atoms with Crippen LogP contribution >= 0.6 is 0 Å². The second-order valence-corrected chi connectivity index (χ2v) is 10.0. The lowest BCUT2D eigenvalue weighted by Crippen LogP contribution is -2.39.